The second-order valence-electron chi connectivity index (χ2n) is 9.19. The van der Waals surface area contributed by atoms with Crippen LogP contribution in [-0.4, -0.2) is 48.8 Å². The fourth-order valence-corrected chi connectivity index (χ4v) is 4.91. The van der Waals surface area contributed by atoms with E-state index in [9.17, 15) is 18.0 Å². The predicted octanol–water partition coefficient (Wildman–Crippen LogP) is 5.00. The highest BCUT2D eigenvalue weighted by molar-refractivity contribution is 5.99. The van der Waals surface area contributed by atoms with Gasteiger partial charge in [0.1, 0.15) is 5.75 Å². The van der Waals surface area contributed by atoms with E-state index in [0.29, 0.717) is 53.2 Å². The number of aryl methyl sites for hydroxylation is 1. The lowest BCUT2D eigenvalue weighted by molar-refractivity contribution is -0.141. The number of nitrogens with zero attached hydrogens (tertiary/aromatic N) is 6. The molecule has 4 aromatic rings. The molecule has 0 radical (unpaired) electrons. The van der Waals surface area contributed by atoms with Gasteiger partial charge < -0.3 is 14.2 Å². The van der Waals surface area contributed by atoms with Gasteiger partial charge in [0, 0.05) is 61.6 Å². The molecule has 1 amide bonds. The lowest BCUT2D eigenvalue weighted by atomic mass is 9.87. The molecule has 0 saturated heterocycles. The SMILES string of the molecule is CCn1cc(-c2cc(Cn3ccnc3)cc3c2CCN([C@@H](C)c2cc(OC)ccn2)C3=O)c(C(F)(F)F)n1. The van der Waals surface area contributed by atoms with Crippen molar-refractivity contribution in [3.63, 3.8) is 0 Å². The summed E-state index contributed by atoms with van der Waals surface area (Å²) in [4.78, 5) is 24.0. The van der Waals surface area contributed by atoms with Crippen LogP contribution >= 0.6 is 0 Å². The van der Waals surface area contributed by atoms with Crippen LogP contribution in [0.4, 0.5) is 13.2 Å². The second kappa shape index (κ2) is 9.96. The van der Waals surface area contributed by atoms with Gasteiger partial charge >= 0.3 is 6.18 Å². The zero-order valence-corrected chi connectivity index (χ0v) is 21.2. The van der Waals surface area contributed by atoms with Gasteiger partial charge in [0.2, 0.25) is 0 Å². The average Bonchev–Trinajstić information content (AvgIpc) is 3.58. The number of rotatable bonds is 7. The maximum atomic E-state index is 14.0. The van der Waals surface area contributed by atoms with Crippen LogP contribution in [0.15, 0.2) is 55.4 Å². The molecule has 0 bridgehead atoms. The van der Waals surface area contributed by atoms with E-state index in [-0.39, 0.29) is 24.1 Å². The molecular weight excluding hydrogens is 497 g/mol. The first kappa shape index (κ1) is 25.5. The monoisotopic (exact) mass is 524 g/mol. The fraction of sp³-hybridized carbons (Fsp3) is 0.333. The number of hydrogen-bond donors (Lipinski definition) is 0. The van der Waals surface area contributed by atoms with Gasteiger partial charge in [-0.25, -0.2) is 4.98 Å². The van der Waals surface area contributed by atoms with Crippen LogP contribution < -0.4 is 4.74 Å². The molecule has 0 spiro atoms. The molecule has 11 heteroatoms. The van der Waals surface area contributed by atoms with Crippen LogP contribution in [0.5, 0.6) is 5.75 Å². The third-order valence-electron chi connectivity index (χ3n) is 6.86. The van der Waals surface area contributed by atoms with Crippen molar-refractivity contribution >= 4 is 5.91 Å². The first-order valence-electron chi connectivity index (χ1n) is 12.3. The largest absolute Gasteiger partial charge is 0.497 e. The van der Waals surface area contributed by atoms with E-state index in [2.05, 4.69) is 15.1 Å². The topological polar surface area (TPSA) is 78.1 Å². The summed E-state index contributed by atoms with van der Waals surface area (Å²) in [6, 6.07) is 6.66. The summed E-state index contributed by atoms with van der Waals surface area (Å²) >= 11 is 0. The number of imidazole rings is 1. The minimum absolute atomic E-state index is 0.0214. The van der Waals surface area contributed by atoms with Crippen molar-refractivity contribution < 1.29 is 22.7 Å². The second-order valence-corrected chi connectivity index (χ2v) is 9.19. The molecule has 198 valence electrons. The summed E-state index contributed by atoms with van der Waals surface area (Å²) in [7, 11) is 1.56. The van der Waals surface area contributed by atoms with Gasteiger partial charge in [0.05, 0.1) is 25.2 Å². The number of aromatic nitrogens is 5. The Balaban J connectivity index is 1.62. The highest BCUT2D eigenvalue weighted by Gasteiger charge is 2.39. The van der Waals surface area contributed by atoms with Crippen LogP contribution in [-0.2, 0) is 25.7 Å². The van der Waals surface area contributed by atoms with Gasteiger partial charge in [0.15, 0.2) is 5.69 Å². The van der Waals surface area contributed by atoms with E-state index in [1.165, 1.54) is 10.9 Å². The first-order valence-corrected chi connectivity index (χ1v) is 12.3. The van der Waals surface area contributed by atoms with E-state index in [1.54, 1.807) is 72.7 Å². The Morgan fingerprint density at radius 3 is 2.61 bits per heavy atom. The third kappa shape index (κ3) is 4.75. The molecule has 1 aromatic carbocycles. The van der Waals surface area contributed by atoms with Crippen molar-refractivity contribution in [2.45, 2.75) is 45.6 Å². The number of pyridine rings is 1. The highest BCUT2D eigenvalue weighted by atomic mass is 19.4. The zero-order chi connectivity index (χ0) is 27.0. The maximum absolute atomic E-state index is 14.0. The molecule has 0 saturated carbocycles. The van der Waals surface area contributed by atoms with Crippen molar-refractivity contribution in [1.82, 2.24) is 29.2 Å². The number of halogens is 3. The summed E-state index contributed by atoms with van der Waals surface area (Å²) in [5.74, 6) is 0.373. The van der Waals surface area contributed by atoms with Gasteiger partial charge in [-0.3, -0.25) is 14.5 Å². The number of carbonyl (C=O) groups is 1. The molecule has 0 aliphatic carbocycles. The Morgan fingerprint density at radius 2 is 1.92 bits per heavy atom. The number of hydrogen-bond acceptors (Lipinski definition) is 5. The molecule has 4 heterocycles. The quantitative estimate of drug-likeness (QED) is 0.340. The number of benzene rings is 1. The van der Waals surface area contributed by atoms with Gasteiger partial charge in [-0.1, -0.05) is 0 Å². The van der Waals surface area contributed by atoms with Crippen molar-refractivity contribution in [2.75, 3.05) is 13.7 Å². The number of carbonyl (C=O) groups excluding carboxylic acids is 1. The van der Waals surface area contributed by atoms with Gasteiger partial charge in [-0.2, -0.15) is 18.3 Å². The Kier molecular flexibility index (Phi) is 6.68. The number of amides is 1. The normalized spacial score (nSPS) is 14.5. The Labute approximate surface area is 217 Å². The number of alkyl halides is 3. The molecule has 0 N–H and O–H groups in total. The molecular formula is C27H27F3N6O2. The predicted molar refractivity (Wildman–Crippen MR) is 134 cm³/mol. The van der Waals surface area contributed by atoms with Crippen LogP contribution in [0.2, 0.25) is 0 Å². The smallest absolute Gasteiger partial charge is 0.435 e. The molecule has 38 heavy (non-hydrogen) atoms. The summed E-state index contributed by atoms with van der Waals surface area (Å²) < 4.78 is 50.5. The van der Waals surface area contributed by atoms with Crippen molar-refractivity contribution in [3.05, 3.63) is 83.5 Å². The number of ether oxygens (including phenoxy) is 1. The van der Waals surface area contributed by atoms with Gasteiger partial charge in [-0.05, 0) is 55.2 Å². The molecule has 3 aromatic heterocycles. The Hall–Kier alpha value is -4.15. The fourth-order valence-electron chi connectivity index (χ4n) is 4.91. The summed E-state index contributed by atoms with van der Waals surface area (Å²) in [6.45, 7) is 4.59. The molecule has 0 unspecified atom stereocenters. The van der Waals surface area contributed by atoms with Gasteiger partial charge in [0.25, 0.3) is 5.91 Å². The Morgan fingerprint density at radius 1 is 1.13 bits per heavy atom. The van der Waals surface area contributed by atoms with Crippen molar-refractivity contribution in [1.29, 1.82) is 0 Å². The molecule has 1 aliphatic heterocycles. The van der Waals surface area contributed by atoms with Crippen molar-refractivity contribution in [3.8, 4) is 16.9 Å². The van der Waals surface area contributed by atoms with Crippen molar-refractivity contribution in [2.24, 2.45) is 0 Å². The van der Waals surface area contributed by atoms with E-state index >= 15 is 0 Å². The van der Waals surface area contributed by atoms with Crippen LogP contribution in [0.25, 0.3) is 11.1 Å². The number of methoxy groups -OCH3 is 1. The van der Waals surface area contributed by atoms with E-state index < -0.39 is 11.9 Å². The molecule has 0 fully saturated rings. The third-order valence-corrected chi connectivity index (χ3v) is 6.86. The van der Waals surface area contributed by atoms with Crippen LogP contribution in [0.1, 0.15) is 52.8 Å². The minimum atomic E-state index is -4.64. The summed E-state index contributed by atoms with van der Waals surface area (Å²) in [6.07, 6.45) is 3.81. The zero-order valence-electron chi connectivity index (χ0n) is 21.2. The maximum Gasteiger partial charge on any atom is 0.435 e. The standard InChI is InChI=1S/C27H27F3N6O2/c1-4-35-15-23(25(33-35)27(28,29)30)21-11-18(14-34-10-8-31-16-34)12-22-20(21)6-9-36(26(22)37)17(2)24-13-19(38-3)5-7-32-24/h5,7-8,10-13,15-17H,4,6,9,14H2,1-3H3/t17-/m0/s1. The van der Waals surface area contributed by atoms with Gasteiger partial charge in [-0.15, -0.1) is 0 Å². The molecule has 5 rings (SSSR count). The summed E-state index contributed by atoms with van der Waals surface area (Å²) in [5.41, 5.74) is 1.74. The molecule has 8 nitrogen and oxygen atoms in total. The van der Waals surface area contributed by atoms with E-state index in [4.69, 9.17) is 4.74 Å². The molecule has 1 atom stereocenters. The average molecular weight is 525 g/mol. The van der Waals surface area contributed by atoms with E-state index in [0.717, 1.165) is 0 Å². The van der Waals surface area contributed by atoms with E-state index in [1.807, 2.05) is 6.92 Å². The number of fused-ring (bicyclic) bond motifs is 1. The Bertz CT molecular complexity index is 1460. The molecule has 1 aliphatic rings. The van der Waals surface area contributed by atoms with Crippen LogP contribution in [0.3, 0.4) is 0 Å². The first-order chi connectivity index (χ1) is 18.2. The highest BCUT2D eigenvalue weighted by Crippen LogP contribution is 2.41. The minimum Gasteiger partial charge on any atom is -0.497 e. The van der Waals surface area contributed by atoms with Crippen LogP contribution in [0, 0.1) is 0 Å². The lowest BCUT2D eigenvalue weighted by Crippen LogP contribution is -2.40. The lowest BCUT2D eigenvalue weighted by Gasteiger charge is -2.34. The summed E-state index contributed by atoms with van der Waals surface area (Å²) in [5, 5.41) is 3.81.